The largest absolute Gasteiger partial charge is 0.304 e. The molecule has 0 fully saturated rings. The molecule has 1 nitrogen and oxygen atoms in total. The van der Waals surface area contributed by atoms with Gasteiger partial charge in [-0.2, -0.15) is 0 Å². The Kier molecular flexibility index (Phi) is 11.0. The van der Waals surface area contributed by atoms with Crippen LogP contribution in [-0.2, 0) is 21.7 Å². The number of rotatable bonds is 3. The van der Waals surface area contributed by atoms with Gasteiger partial charge in [-0.05, 0) is 26.6 Å². The van der Waals surface area contributed by atoms with Crippen LogP contribution in [0, 0.1) is 6.92 Å². The molecule has 0 aliphatic rings. The van der Waals surface area contributed by atoms with Crippen molar-refractivity contribution in [3.8, 4) is 0 Å². The van der Waals surface area contributed by atoms with E-state index in [1.54, 1.807) is 0 Å². The molecule has 47 valence electrons. The molecule has 2 heteroatoms. The summed E-state index contributed by atoms with van der Waals surface area (Å²) in [7, 11) is 0. The standard InChI is InChI=1S/C6H14N.Ti/c1-4-7(5-2)6-3;/h1,4-6H2,2-3H3;. The average Bonchev–Trinajstić information content (AvgIpc) is 1.72. The molecular formula is C6H14NTi. The molecule has 0 aromatic carbocycles. The minimum absolute atomic E-state index is 0. The van der Waals surface area contributed by atoms with E-state index in [4.69, 9.17) is 0 Å². The SMILES string of the molecule is [CH2]CN(CC)CC.[Ti]. The summed E-state index contributed by atoms with van der Waals surface area (Å²) >= 11 is 0. The minimum atomic E-state index is 0. The fourth-order valence-corrected chi connectivity index (χ4v) is 0.540. The van der Waals surface area contributed by atoms with E-state index in [0.717, 1.165) is 19.6 Å². The Morgan fingerprint density at radius 2 is 1.62 bits per heavy atom. The van der Waals surface area contributed by atoms with Gasteiger partial charge in [-0.1, -0.05) is 13.8 Å². The maximum atomic E-state index is 3.75. The summed E-state index contributed by atoms with van der Waals surface area (Å²) in [6.45, 7) is 11.2. The first-order valence-corrected chi connectivity index (χ1v) is 2.86. The predicted molar refractivity (Wildman–Crippen MR) is 33.1 cm³/mol. The van der Waals surface area contributed by atoms with Gasteiger partial charge in [0.2, 0.25) is 0 Å². The molecule has 0 aliphatic carbocycles. The molecule has 0 spiro atoms. The molecular weight excluding hydrogens is 134 g/mol. The van der Waals surface area contributed by atoms with Crippen molar-refractivity contribution in [3.05, 3.63) is 6.92 Å². The monoisotopic (exact) mass is 148 g/mol. The molecule has 0 saturated carbocycles. The zero-order valence-electron chi connectivity index (χ0n) is 5.78. The summed E-state index contributed by atoms with van der Waals surface area (Å²) in [5.74, 6) is 0. The molecule has 0 heterocycles. The van der Waals surface area contributed by atoms with Crippen molar-refractivity contribution < 1.29 is 21.7 Å². The molecule has 0 atom stereocenters. The van der Waals surface area contributed by atoms with Gasteiger partial charge < -0.3 is 4.90 Å². The molecule has 1 radical (unpaired) electrons. The average molecular weight is 148 g/mol. The van der Waals surface area contributed by atoms with Crippen LogP contribution in [0.3, 0.4) is 0 Å². The maximum Gasteiger partial charge on any atom is 0 e. The topological polar surface area (TPSA) is 3.24 Å². The normalized spacial score (nSPS) is 9.00. The zero-order chi connectivity index (χ0) is 5.70. The van der Waals surface area contributed by atoms with Crippen LogP contribution in [0.4, 0.5) is 0 Å². The second-order valence-corrected chi connectivity index (χ2v) is 1.53. The third-order valence-corrected chi connectivity index (χ3v) is 1.21. The van der Waals surface area contributed by atoms with E-state index < -0.39 is 0 Å². The summed E-state index contributed by atoms with van der Waals surface area (Å²) in [5, 5.41) is 0. The molecule has 0 saturated heterocycles. The van der Waals surface area contributed by atoms with Gasteiger partial charge in [0.1, 0.15) is 0 Å². The summed E-state index contributed by atoms with van der Waals surface area (Å²) < 4.78 is 0. The van der Waals surface area contributed by atoms with Crippen LogP contribution in [0.15, 0.2) is 0 Å². The smallest absolute Gasteiger partial charge is 0 e. The summed E-state index contributed by atoms with van der Waals surface area (Å²) in [4.78, 5) is 2.26. The van der Waals surface area contributed by atoms with Gasteiger partial charge in [0.05, 0.1) is 0 Å². The van der Waals surface area contributed by atoms with Crippen LogP contribution in [0.25, 0.3) is 0 Å². The van der Waals surface area contributed by atoms with Gasteiger partial charge in [0.25, 0.3) is 0 Å². The molecule has 8 heavy (non-hydrogen) atoms. The summed E-state index contributed by atoms with van der Waals surface area (Å²) in [6, 6.07) is 0. The van der Waals surface area contributed by atoms with Gasteiger partial charge in [-0.25, -0.2) is 0 Å². The molecule has 0 aromatic heterocycles. The van der Waals surface area contributed by atoms with Crippen LogP contribution in [-0.4, -0.2) is 24.5 Å². The summed E-state index contributed by atoms with van der Waals surface area (Å²) in [6.07, 6.45) is 0. The second-order valence-electron chi connectivity index (χ2n) is 1.53. The van der Waals surface area contributed by atoms with E-state index >= 15 is 0 Å². The van der Waals surface area contributed by atoms with E-state index in [2.05, 4.69) is 25.7 Å². The van der Waals surface area contributed by atoms with Crippen molar-refractivity contribution in [2.24, 2.45) is 0 Å². The van der Waals surface area contributed by atoms with E-state index in [0.29, 0.717) is 0 Å². The molecule has 0 N–H and O–H groups in total. The second kappa shape index (κ2) is 7.67. The number of nitrogens with zero attached hydrogens (tertiary/aromatic N) is 1. The molecule has 0 aromatic rings. The molecule has 0 amide bonds. The third-order valence-electron chi connectivity index (χ3n) is 1.21. The van der Waals surface area contributed by atoms with Crippen LogP contribution >= 0.6 is 0 Å². The van der Waals surface area contributed by atoms with E-state index in [1.165, 1.54) is 0 Å². The zero-order valence-corrected chi connectivity index (χ0v) is 7.34. The first-order valence-electron chi connectivity index (χ1n) is 2.86. The Hall–Kier alpha value is 0.674. The van der Waals surface area contributed by atoms with Crippen molar-refractivity contribution in [2.45, 2.75) is 13.8 Å². The maximum absolute atomic E-state index is 3.75. The molecule has 0 unspecified atom stereocenters. The predicted octanol–water partition coefficient (Wildman–Crippen LogP) is 1.16. The Balaban J connectivity index is 0. The van der Waals surface area contributed by atoms with Crippen LogP contribution in [0.1, 0.15) is 13.8 Å². The third kappa shape index (κ3) is 4.82. The van der Waals surface area contributed by atoms with Crippen LogP contribution in [0.5, 0.6) is 0 Å². The van der Waals surface area contributed by atoms with Crippen molar-refractivity contribution in [2.75, 3.05) is 19.6 Å². The van der Waals surface area contributed by atoms with E-state index in [1.807, 2.05) is 0 Å². The minimum Gasteiger partial charge on any atom is -0.304 e. The Morgan fingerprint density at radius 1 is 1.25 bits per heavy atom. The summed E-state index contributed by atoms with van der Waals surface area (Å²) in [5.41, 5.74) is 0. The van der Waals surface area contributed by atoms with E-state index in [9.17, 15) is 0 Å². The van der Waals surface area contributed by atoms with Crippen molar-refractivity contribution >= 4 is 0 Å². The van der Waals surface area contributed by atoms with E-state index in [-0.39, 0.29) is 21.7 Å². The molecule has 0 rings (SSSR count). The Morgan fingerprint density at radius 3 is 1.62 bits per heavy atom. The first-order chi connectivity index (χ1) is 3.35. The number of hydrogen-bond acceptors (Lipinski definition) is 1. The molecule has 0 aliphatic heterocycles. The van der Waals surface area contributed by atoms with Gasteiger partial charge in [0.15, 0.2) is 0 Å². The quantitative estimate of drug-likeness (QED) is 0.543. The Bertz CT molecular complexity index is 30.0. The Labute approximate surface area is 67.3 Å². The van der Waals surface area contributed by atoms with Crippen LogP contribution < -0.4 is 0 Å². The fourth-order valence-electron chi connectivity index (χ4n) is 0.540. The van der Waals surface area contributed by atoms with Gasteiger partial charge in [-0.15, -0.1) is 0 Å². The van der Waals surface area contributed by atoms with Crippen molar-refractivity contribution in [3.63, 3.8) is 0 Å². The van der Waals surface area contributed by atoms with Crippen LogP contribution in [0.2, 0.25) is 0 Å². The van der Waals surface area contributed by atoms with Crippen molar-refractivity contribution in [1.29, 1.82) is 0 Å². The van der Waals surface area contributed by atoms with Gasteiger partial charge >= 0.3 is 0 Å². The molecule has 0 bridgehead atoms. The fraction of sp³-hybridized carbons (Fsp3) is 0.833. The van der Waals surface area contributed by atoms with Crippen molar-refractivity contribution in [1.82, 2.24) is 4.90 Å². The first kappa shape index (κ1) is 11.5. The van der Waals surface area contributed by atoms with Gasteiger partial charge in [0, 0.05) is 21.7 Å². The number of hydrogen-bond donors (Lipinski definition) is 0. The van der Waals surface area contributed by atoms with Gasteiger partial charge in [-0.3, -0.25) is 0 Å².